The smallest absolute Gasteiger partial charge is 0.229 e. The maximum absolute atomic E-state index is 13.2. The molecule has 0 saturated carbocycles. The zero-order valence-electron chi connectivity index (χ0n) is 11.1. The Morgan fingerprint density at radius 3 is 2.33 bits per heavy atom. The number of benzene rings is 2. The number of hydrogen-bond acceptors (Lipinski definition) is 4. The van der Waals surface area contributed by atoms with Crippen LogP contribution in [0.15, 0.2) is 42.5 Å². The van der Waals surface area contributed by atoms with E-state index >= 15 is 0 Å². The number of sulfonamides is 1. The molecule has 0 unspecified atom stereocenters. The molecule has 110 valence electrons. The SMILES string of the molecule is CS(=O)(=O)Nc1ccc(C(=O)c2cc(F)ccc2N)cc1. The van der Waals surface area contributed by atoms with Crippen LogP contribution in [-0.2, 0) is 10.0 Å². The molecule has 0 aliphatic heterocycles. The highest BCUT2D eigenvalue weighted by Crippen LogP contribution is 2.19. The minimum absolute atomic E-state index is 0.0684. The molecule has 0 heterocycles. The molecule has 0 radical (unpaired) electrons. The summed E-state index contributed by atoms with van der Waals surface area (Å²) in [7, 11) is -3.38. The predicted octanol–water partition coefficient (Wildman–Crippen LogP) is 2.01. The van der Waals surface area contributed by atoms with Gasteiger partial charge in [-0.2, -0.15) is 0 Å². The minimum Gasteiger partial charge on any atom is -0.398 e. The molecule has 0 saturated heterocycles. The third-order valence-corrected chi connectivity index (χ3v) is 3.32. The van der Waals surface area contributed by atoms with Gasteiger partial charge in [-0.05, 0) is 42.5 Å². The van der Waals surface area contributed by atoms with Crippen LogP contribution in [0.3, 0.4) is 0 Å². The van der Waals surface area contributed by atoms with Crippen LogP contribution >= 0.6 is 0 Å². The second-order valence-electron chi connectivity index (χ2n) is 4.51. The summed E-state index contributed by atoms with van der Waals surface area (Å²) in [5.74, 6) is -0.985. The minimum atomic E-state index is -3.38. The van der Waals surface area contributed by atoms with Crippen LogP contribution in [0, 0.1) is 5.82 Å². The first-order chi connectivity index (χ1) is 9.76. The van der Waals surface area contributed by atoms with Gasteiger partial charge in [0.05, 0.1) is 6.26 Å². The lowest BCUT2D eigenvalue weighted by atomic mass is 10.0. The van der Waals surface area contributed by atoms with Crippen molar-refractivity contribution in [2.24, 2.45) is 0 Å². The normalized spacial score (nSPS) is 11.1. The van der Waals surface area contributed by atoms with Crippen LogP contribution in [0.25, 0.3) is 0 Å². The van der Waals surface area contributed by atoms with Crippen molar-refractivity contribution in [2.75, 3.05) is 16.7 Å². The lowest BCUT2D eigenvalue weighted by Gasteiger charge is -2.07. The Bertz CT molecular complexity index is 786. The fraction of sp³-hybridized carbons (Fsp3) is 0.0714. The fourth-order valence-electron chi connectivity index (χ4n) is 1.78. The van der Waals surface area contributed by atoms with Crippen LogP contribution in [-0.4, -0.2) is 20.5 Å². The molecule has 0 bridgehead atoms. The van der Waals surface area contributed by atoms with Gasteiger partial charge in [-0.1, -0.05) is 0 Å². The molecule has 2 aromatic rings. The van der Waals surface area contributed by atoms with Gasteiger partial charge in [0.15, 0.2) is 5.78 Å². The standard InChI is InChI=1S/C14H13FN2O3S/c1-21(19,20)17-11-5-2-9(3-6-11)14(18)12-8-10(15)4-7-13(12)16/h2-8,17H,16H2,1H3. The molecule has 0 spiro atoms. The van der Waals surface area contributed by atoms with Crippen LogP contribution < -0.4 is 10.5 Å². The Morgan fingerprint density at radius 2 is 1.76 bits per heavy atom. The van der Waals surface area contributed by atoms with Crippen molar-refractivity contribution < 1.29 is 17.6 Å². The lowest BCUT2D eigenvalue weighted by Crippen LogP contribution is -2.10. The molecule has 0 amide bonds. The first-order valence-electron chi connectivity index (χ1n) is 5.94. The number of carbonyl (C=O) groups excluding carboxylic acids is 1. The second kappa shape index (κ2) is 5.53. The van der Waals surface area contributed by atoms with Crippen molar-refractivity contribution in [3.05, 3.63) is 59.4 Å². The second-order valence-corrected chi connectivity index (χ2v) is 6.26. The largest absolute Gasteiger partial charge is 0.398 e. The summed E-state index contributed by atoms with van der Waals surface area (Å²) in [6.45, 7) is 0. The van der Waals surface area contributed by atoms with E-state index in [-0.39, 0.29) is 16.8 Å². The topological polar surface area (TPSA) is 89.3 Å². The third kappa shape index (κ3) is 3.79. The van der Waals surface area contributed by atoms with Gasteiger partial charge in [0.25, 0.3) is 0 Å². The molecule has 0 atom stereocenters. The highest BCUT2D eigenvalue weighted by molar-refractivity contribution is 7.92. The molecule has 0 aliphatic carbocycles. The van der Waals surface area contributed by atoms with Crippen LogP contribution in [0.5, 0.6) is 0 Å². The number of nitrogens with one attached hydrogen (secondary N) is 1. The summed E-state index contributed by atoms with van der Waals surface area (Å²) in [4.78, 5) is 12.2. The summed E-state index contributed by atoms with van der Waals surface area (Å²) >= 11 is 0. The van der Waals surface area contributed by atoms with Gasteiger partial charge in [0.1, 0.15) is 5.82 Å². The molecule has 2 rings (SSSR count). The number of nitrogen functional groups attached to an aromatic ring is 1. The average molecular weight is 308 g/mol. The molecule has 2 aromatic carbocycles. The monoisotopic (exact) mass is 308 g/mol. The zero-order valence-corrected chi connectivity index (χ0v) is 11.9. The van der Waals surface area contributed by atoms with Gasteiger partial charge >= 0.3 is 0 Å². The zero-order chi connectivity index (χ0) is 15.6. The van der Waals surface area contributed by atoms with Gasteiger partial charge in [-0.15, -0.1) is 0 Å². The van der Waals surface area contributed by atoms with Crippen molar-refractivity contribution in [3.63, 3.8) is 0 Å². The summed E-state index contributed by atoms with van der Waals surface area (Å²) in [6.07, 6.45) is 1.03. The number of hydrogen-bond donors (Lipinski definition) is 2. The third-order valence-electron chi connectivity index (χ3n) is 2.71. The van der Waals surface area contributed by atoms with Crippen molar-refractivity contribution in [1.29, 1.82) is 0 Å². The molecule has 21 heavy (non-hydrogen) atoms. The highest BCUT2D eigenvalue weighted by atomic mass is 32.2. The Labute approximate surface area is 121 Å². The Hall–Kier alpha value is -2.41. The van der Waals surface area contributed by atoms with Crippen molar-refractivity contribution >= 4 is 27.2 Å². The number of halogens is 1. The summed E-state index contributed by atoms with van der Waals surface area (Å²) < 4.78 is 37.6. The van der Waals surface area contributed by atoms with E-state index in [2.05, 4.69) is 4.72 Å². The maximum atomic E-state index is 13.2. The molecule has 7 heteroatoms. The van der Waals surface area contributed by atoms with Crippen molar-refractivity contribution in [2.45, 2.75) is 0 Å². The number of anilines is 2. The van der Waals surface area contributed by atoms with Crippen LogP contribution in [0.2, 0.25) is 0 Å². The van der Waals surface area contributed by atoms with Crippen molar-refractivity contribution in [3.8, 4) is 0 Å². The van der Waals surface area contributed by atoms with E-state index in [1.807, 2.05) is 0 Å². The summed E-state index contributed by atoms with van der Waals surface area (Å²) in [5, 5.41) is 0. The maximum Gasteiger partial charge on any atom is 0.229 e. The highest BCUT2D eigenvalue weighted by Gasteiger charge is 2.13. The predicted molar refractivity (Wildman–Crippen MR) is 79.2 cm³/mol. The number of nitrogens with two attached hydrogens (primary N) is 1. The quantitative estimate of drug-likeness (QED) is 0.668. The molecular weight excluding hydrogens is 295 g/mol. The van der Waals surface area contributed by atoms with Crippen LogP contribution in [0.1, 0.15) is 15.9 Å². The van der Waals surface area contributed by atoms with Gasteiger partial charge in [0.2, 0.25) is 10.0 Å². The molecule has 5 nitrogen and oxygen atoms in total. The van der Waals surface area contributed by atoms with Gasteiger partial charge in [0, 0.05) is 22.5 Å². The summed E-state index contributed by atoms with van der Waals surface area (Å²) in [6, 6.07) is 9.35. The van der Waals surface area contributed by atoms with E-state index in [9.17, 15) is 17.6 Å². The van der Waals surface area contributed by atoms with Crippen LogP contribution in [0.4, 0.5) is 15.8 Å². The Kier molecular flexibility index (Phi) is 3.95. The molecule has 0 fully saturated rings. The van der Waals surface area contributed by atoms with Crippen molar-refractivity contribution in [1.82, 2.24) is 0 Å². The first-order valence-corrected chi connectivity index (χ1v) is 7.83. The van der Waals surface area contributed by atoms with E-state index < -0.39 is 21.6 Å². The molecule has 0 aliphatic rings. The number of ketones is 1. The molecule has 0 aromatic heterocycles. The molecule has 3 N–H and O–H groups in total. The van der Waals surface area contributed by atoms with E-state index in [0.29, 0.717) is 5.69 Å². The van der Waals surface area contributed by atoms with Gasteiger partial charge in [-0.3, -0.25) is 9.52 Å². The fourth-order valence-corrected chi connectivity index (χ4v) is 2.35. The van der Waals surface area contributed by atoms with E-state index in [4.69, 9.17) is 5.73 Å². The average Bonchev–Trinajstić information content (AvgIpc) is 2.40. The Morgan fingerprint density at radius 1 is 1.14 bits per heavy atom. The van der Waals surface area contributed by atoms with E-state index in [1.54, 1.807) is 0 Å². The number of carbonyl (C=O) groups is 1. The van der Waals surface area contributed by atoms with E-state index in [1.165, 1.54) is 36.4 Å². The lowest BCUT2D eigenvalue weighted by molar-refractivity contribution is 0.103. The first kappa shape index (κ1) is 15.0. The summed E-state index contributed by atoms with van der Waals surface area (Å²) in [5.41, 5.74) is 6.53. The van der Waals surface area contributed by atoms with E-state index in [0.717, 1.165) is 12.3 Å². The van der Waals surface area contributed by atoms with Gasteiger partial charge in [-0.25, -0.2) is 12.8 Å². The number of rotatable bonds is 4. The molecular formula is C14H13FN2O3S. The Balaban J connectivity index is 2.30. The van der Waals surface area contributed by atoms with Gasteiger partial charge < -0.3 is 5.73 Å².